The van der Waals surface area contributed by atoms with Crippen LogP contribution >= 0.6 is 0 Å². The molecule has 3 rings (SSSR count). The Morgan fingerprint density at radius 3 is 2.29 bits per heavy atom. The first-order chi connectivity index (χ1) is 11.7. The second-order valence-corrected chi connectivity index (χ2v) is 5.99. The Labute approximate surface area is 143 Å². The molecule has 3 aromatic carbocycles. The molecule has 0 heterocycles. The number of rotatable bonds is 5. The summed E-state index contributed by atoms with van der Waals surface area (Å²) in [7, 11) is 0. The third-order valence-electron chi connectivity index (χ3n) is 4.40. The number of aliphatic hydroxyl groups is 1. The molecule has 0 amide bonds. The lowest BCUT2D eigenvalue weighted by Crippen LogP contribution is -1.99. The monoisotopic (exact) mass is 318 g/mol. The van der Waals surface area contributed by atoms with E-state index in [1.807, 2.05) is 42.5 Å². The molecule has 24 heavy (non-hydrogen) atoms. The van der Waals surface area contributed by atoms with Gasteiger partial charge in [-0.25, -0.2) is 0 Å². The molecule has 0 unspecified atom stereocenters. The second kappa shape index (κ2) is 7.33. The molecule has 122 valence electrons. The Kier molecular flexibility index (Phi) is 4.97. The predicted molar refractivity (Wildman–Crippen MR) is 98.0 cm³/mol. The van der Waals surface area contributed by atoms with Crippen molar-refractivity contribution in [3.8, 4) is 16.9 Å². The standard InChI is InChI=1S/C22H22O2/c1-16-17(2)22(24-15-18-7-4-3-5-8-18)12-11-21(16)20-10-6-9-19(13-20)14-23/h3-13,23H,14-15H2,1-2H3. The van der Waals surface area contributed by atoms with Gasteiger partial charge in [0.25, 0.3) is 0 Å². The highest BCUT2D eigenvalue weighted by Gasteiger charge is 2.10. The Bertz CT molecular complexity index is 823. The van der Waals surface area contributed by atoms with Gasteiger partial charge in [0.15, 0.2) is 0 Å². The van der Waals surface area contributed by atoms with Crippen LogP contribution in [0.25, 0.3) is 11.1 Å². The van der Waals surface area contributed by atoms with E-state index >= 15 is 0 Å². The smallest absolute Gasteiger partial charge is 0.123 e. The number of hydrogen-bond acceptors (Lipinski definition) is 2. The maximum absolute atomic E-state index is 9.34. The van der Waals surface area contributed by atoms with Crippen LogP contribution in [0.15, 0.2) is 66.7 Å². The van der Waals surface area contributed by atoms with Crippen LogP contribution in [0.3, 0.4) is 0 Å². The van der Waals surface area contributed by atoms with E-state index in [9.17, 15) is 5.11 Å². The van der Waals surface area contributed by atoms with E-state index in [0.29, 0.717) is 6.61 Å². The van der Waals surface area contributed by atoms with E-state index in [1.165, 1.54) is 11.1 Å². The van der Waals surface area contributed by atoms with Crippen molar-refractivity contribution >= 4 is 0 Å². The summed E-state index contributed by atoms with van der Waals surface area (Å²) in [4.78, 5) is 0. The molecule has 0 aromatic heterocycles. The number of benzene rings is 3. The first-order valence-electron chi connectivity index (χ1n) is 8.16. The van der Waals surface area contributed by atoms with Gasteiger partial charge >= 0.3 is 0 Å². The lowest BCUT2D eigenvalue weighted by Gasteiger charge is -2.15. The van der Waals surface area contributed by atoms with Gasteiger partial charge in [-0.3, -0.25) is 0 Å². The molecule has 2 heteroatoms. The zero-order valence-corrected chi connectivity index (χ0v) is 14.1. The van der Waals surface area contributed by atoms with E-state index in [2.05, 4.69) is 38.1 Å². The molecule has 0 aliphatic carbocycles. The van der Waals surface area contributed by atoms with Crippen molar-refractivity contribution in [2.75, 3.05) is 0 Å². The summed E-state index contributed by atoms with van der Waals surface area (Å²) in [5.74, 6) is 0.915. The quantitative estimate of drug-likeness (QED) is 0.714. The Hall–Kier alpha value is -2.58. The van der Waals surface area contributed by atoms with Gasteiger partial charge in [0.1, 0.15) is 12.4 Å². The van der Waals surface area contributed by atoms with Gasteiger partial charge in [-0.2, -0.15) is 0 Å². The average Bonchev–Trinajstić information content (AvgIpc) is 2.64. The fourth-order valence-electron chi connectivity index (χ4n) is 2.84. The zero-order valence-electron chi connectivity index (χ0n) is 14.1. The second-order valence-electron chi connectivity index (χ2n) is 5.99. The Morgan fingerprint density at radius 2 is 1.54 bits per heavy atom. The van der Waals surface area contributed by atoms with E-state index in [4.69, 9.17) is 4.74 Å². The van der Waals surface area contributed by atoms with Crippen LogP contribution < -0.4 is 4.74 Å². The number of hydrogen-bond donors (Lipinski definition) is 1. The first-order valence-corrected chi connectivity index (χ1v) is 8.16. The van der Waals surface area contributed by atoms with Crippen LogP contribution in [0.5, 0.6) is 5.75 Å². The Morgan fingerprint density at radius 1 is 0.792 bits per heavy atom. The zero-order chi connectivity index (χ0) is 16.9. The molecule has 0 bridgehead atoms. The van der Waals surface area contributed by atoms with Crippen LogP contribution in [0, 0.1) is 13.8 Å². The van der Waals surface area contributed by atoms with Gasteiger partial charge in [0, 0.05) is 0 Å². The third kappa shape index (κ3) is 3.50. The normalized spacial score (nSPS) is 10.6. The van der Waals surface area contributed by atoms with Crippen molar-refractivity contribution in [2.45, 2.75) is 27.1 Å². The Balaban J connectivity index is 1.85. The molecule has 0 atom stereocenters. The minimum atomic E-state index is 0.0597. The van der Waals surface area contributed by atoms with Crippen molar-refractivity contribution in [1.82, 2.24) is 0 Å². The van der Waals surface area contributed by atoms with E-state index < -0.39 is 0 Å². The van der Waals surface area contributed by atoms with Crippen molar-refractivity contribution in [3.63, 3.8) is 0 Å². The van der Waals surface area contributed by atoms with Gasteiger partial charge in [0.2, 0.25) is 0 Å². The van der Waals surface area contributed by atoms with Crippen molar-refractivity contribution in [2.24, 2.45) is 0 Å². The van der Waals surface area contributed by atoms with Crippen molar-refractivity contribution in [3.05, 3.63) is 89.0 Å². The summed E-state index contributed by atoms with van der Waals surface area (Å²) >= 11 is 0. The predicted octanol–water partition coefficient (Wildman–Crippen LogP) is 5.04. The highest BCUT2D eigenvalue weighted by atomic mass is 16.5. The molecule has 3 aromatic rings. The van der Waals surface area contributed by atoms with Crippen molar-refractivity contribution < 1.29 is 9.84 Å². The topological polar surface area (TPSA) is 29.5 Å². The summed E-state index contributed by atoms with van der Waals surface area (Å²) in [5.41, 5.74) is 6.74. The van der Waals surface area contributed by atoms with Crippen LogP contribution in [-0.4, -0.2) is 5.11 Å². The molecule has 0 fully saturated rings. The molecule has 2 nitrogen and oxygen atoms in total. The van der Waals surface area contributed by atoms with Crippen LogP contribution in [-0.2, 0) is 13.2 Å². The highest BCUT2D eigenvalue weighted by molar-refractivity contribution is 5.70. The summed E-state index contributed by atoms with van der Waals surface area (Å²) in [5, 5.41) is 9.34. The van der Waals surface area contributed by atoms with Crippen LogP contribution in [0.2, 0.25) is 0 Å². The summed E-state index contributed by atoms with van der Waals surface area (Å²) < 4.78 is 6.00. The van der Waals surface area contributed by atoms with Gasteiger partial charge in [0.05, 0.1) is 6.61 Å². The van der Waals surface area contributed by atoms with Gasteiger partial charge < -0.3 is 9.84 Å². The fraction of sp³-hybridized carbons (Fsp3) is 0.182. The lowest BCUT2D eigenvalue weighted by molar-refractivity contribution is 0.282. The highest BCUT2D eigenvalue weighted by Crippen LogP contribution is 2.32. The molecule has 0 radical (unpaired) electrons. The third-order valence-corrected chi connectivity index (χ3v) is 4.40. The lowest BCUT2D eigenvalue weighted by atomic mass is 9.95. The summed E-state index contributed by atoms with van der Waals surface area (Å²) in [6.45, 7) is 4.84. The van der Waals surface area contributed by atoms with E-state index in [0.717, 1.165) is 28.0 Å². The SMILES string of the molecule is Cc1c(OCc2ccccc2)ccc(-c2cccc(CO)c2)c1C. The molecule has 0 aliphatic heterocycles. The van der Waals surface area contributed by atoms with Crippen molar-refractivity contribution in [1.29, 1.82) is 0 Å². The van der Waals surface area contributed by atoms with Gasteiger partial charge in [-0.15, -0.1) is 0 Å². The maximum atomic E-state index is 9.34. The maximum Gasteiger partial charge on any atom is 0.123 e. The molecular weight excluding hydrogens is 296 g/mol. The van der Waals surface area contributed by atoms with Gasteiger partial charge in [-0.05, 0) is 59.4 Å². The molecule has 0 saturated carbocycles. The largest absolute Gasteiger partial charge is 0.489 e. The number of ether oxygens (including phenoxy) is 1. The minimum Gasteiger partial charge on any atom is -0.489 e. The van der Waals surface area contributed by atoms with Gasteiger partial charge in [-0.1, -0.05) is 54.6 Å². The first kappa shape index (κ1) is 16.3. The number of aliphatic hydroxyl groups excluding tert-OH is 1. The molecule has 0 saturated heterocycles. The molecular formula is C22H22O2. The van der Waals surface area contributed by atoms with Crippen LogP contribution in [0.4, 0.5) is 0 Å². The summed E-state index contributed by atoms with van der Waals surface area (Å²) in [6.07, 6.45) is 0. The molecule has 0 spiro atoms. The van der Waals surface area contributed by atoms with E-state index in [-0.39, 0.29) is 6.61 Å². The minimum absolute atomic E-state index is 0.0597. The molecule has 0 aliphatic rings. The van der Waals surface area contributed by atoms with Crippen LogP contribution in [0.1, 0.15) is 22.3 Å². The summed E-state index contributed by atoms with van der Waals surface area (Å²) in [6, 6.07) is 22.3. The van der Waals surface area contributed by atoms with E-state index in [1.54, 1.807) is 0 Å². The molecule has 1 N–H and O–H groups in total. The fourth-order valence-corrected chi connectivity index (χ4v) is 2.84. The average molecular weight is 318 g/mol.